The Bertz CT molecular complexity index is 1140. The molecule has 0 saturated carbocycles. The van der Waals surface area contributed by atoms with Crippen molar-refractivity contribution in [2.75, 3.05) is 37.8 Å². The largest absolute Gasteiger partial charge is 0.381 e. The first kappa shape index (κ1) is 20.1. The molecule has 7 nitrogen and oxygen atoms in total. The predicted molar refractivity (Wildman–Crippen MR) is 111 cm³/mol. The van der Waals surface area contributed by atoms with Gasteiger partial charge in [-0.05, 0) is 32.4 Å². The fourth-order valence-electron chi connectivity index (χ4n) is 4.10. The Kier molecular flexibility index (Phi) is 5.23. The summed E-state index contributed by atoms with van der Waals surface area (Å²) in [5, 5.41) is 0. The number of aryl methyl sites for hydroxylation is 2. The highest BCUT2D eigenvalue weighted by Gasteiger charge is 2.32. The Labute approximate surface area is 178 Å². The van der Waals surface area contributed by atoms with E-state index in [1.54, 1.807) is 0 Å². The van der Waals surface area contributed by atoms with Crippen molar-refractivity contribution >= 4 is 17.1 Å². The van der Waals surface area contributed by atoms with E-state index < -0.39 is 11.6 Å². The molecular formula is C22H23F2N5O2. The molecule has 0 unspecified atom stereocenters. The molecule has 2 aliphatic heterocycles. The maximum absolute atomic E-state index is 14.7. The van der Waals surface area contributed by atoms with Crippen LogP contribution in [0.4, 0.5) is 14.7 Å². The Morgan fingerprint density at radius 2 is 1.87 bits per heavy atom. The lowest BCUT2D eigenvalue weighted by Gasteiger charge is -2.35. The van der Waals surface area contributed by atoms with Crippen molar-refractivity contribution in [3.8, 4) is 11.3 Å². The van der Waals surface area contributed by atoms with Crippen molar-refractivity contribution in [1.29, 1.82) is 0 Å². The molecule has 0 spiro atoms. The van der Waals surface area contributed by atoms with E-state index in [-0.39, 0.29) is 11.7 Å². The Hall–Kier alpha value is -2.78. The van der Waals surface area contributed by atoms with Gasteiger partial charge in [-0.2, -0.15) is 4.98 Å². The molecule has 4 heterocycles. The van der Waals surface area contributed by atoms with Gasteiger partial charge in [-0.3, -0.25) is 0 Å². The molecule has 0 bridgehead atoms. The third kappa shape index (κ3) is 3.83. The van der Waals surface area contributed by atoms with Gasteiger partial charge in [-0.25, -0.2) is 23.7 Å². The zero-order valence-corrected chi connectivity index (χ0v) is 17.4. The van der Waals surface area contributed by atoms with Crippen LogP contribution in [-0.4, -0.2) is 59.0 Å². The van der Waals surface area contributed by atoms with Gasteiger partial charge in [0, 0.05) is 37.2 Å². The second-order valence-corrected chi connectivity index (χ2v) is 8.04. The summed E-state index contributed by atoms with van der Waals surface area (Å²) in [7, 11) is 0. The fourth-order valence-corrected chi connectivity index (χ4v) is 4.10. The lowest BCUT2D eigenvalue weighted by molar-refractivity contribution is -0.00167. The second-order valence-electron chi connectivity index (χ2n) is 8.04. The lowest BCUT2D eigenvalue weighted by atomic mass is 10.0. The van der Waals surface area contributed by atoms with Gasteiger partial charge in [0.2, 0.25) is 5.95 Å². The molecule has 0 amide bonds. The normalized spacial score (nSPS) is 21.7. The first-order valence-electron chi connectivity index (χ1n) is 10.4. The second kappa shape index (κ2) is 8.05. The van der Waals surface area contributed by atoms with Crippen LogP contribution in [0.2, 0.25) is 0 Å². The number of hydrogen-bond acceptors (Lipinski definition) is 7. The summed E-state index contributed by atoms with van der Waals surface area (Å²) in [5.41, 5.74) is 2.71. The number of nitrogens with zero attached hydrogens (tertiary/aromatic N) is 5. The molecule has 0 radical (unpaired) electrons. The van der Waals surface area contributed by atoms with E-state index in [9.17, 15) is 8.78 Å². The minimum absolute atomic E-state index is 0.0207. The van der Waals surface area contributed by atoms with E-state index in [0.29, 0.717) is 60.7 Å². The number of ether oxygens (including phenoxy) is 2. The molecule has 0 aliphatic carbocycles. The van der Waals surface area contributed by atoms with Gasteiger partial charge < -0.3 is 14.4 Å². The van der Waals surface area contributed by atoms with Crippen LogP contribution in [0, 0.1) is 31.4 Å². The molecule has 162 valence electrons. The Balaban J connectivity index is 1.61. The van der Waals surface area contributed by atoms with E-state index in [0.717, 1.165) is 24.8 Å². The Morgan fingerprint density at radius 1 is 1.03 bits per heavy atom. The minimum Gasteiger partial charge on any atom is -0.381 e. The molecule has 2 aromatic heterocycles. The third-order valence-corrected chi connectivity index (χ3v) is 5.98. The summed E-state index contributed by atoms with van der Waals surface area (Å²) in [6.45, 7) is 6.89. The fraction of sp³-hybridized carbons (Fsp3) is 0.455. The molecule has 2 saturated heterocycles. The first-order valence-corrected chi connectivity index (χ1v) is 10.4. The summed E-state index contributed by atoms with van der Waals surface area (Å²) < 4.78 is 39.7. The highest BCUT2D eigenvalue weighted by molar-refractivity contribution is 5.88. The van der Waals surface area contributed by atoms with Crippen molar-refractivity contribution in [1.82, 2.24) is 19.9 Å². The van der Waals surface area contributed by atoms with E-state index in [4.69, 9.17) is 9.47 Å². The van der Waals surface area contributed by atoms with Gasteiger partial charge in [0.25, 0.3) is 0 Å². The van der Waals surface area contributed by atoms with Gasteiger partial charge >= 0.3 is 0 Å². The zero-order valence-electron chi connectivity index (χ0n) is 17.4. The number of benzene rings is 1. The predicted octanol–water partition coefficient (Wildman–Crippen LogP) is 3.22. The Morgan fingerprint density at radius 3 is 2.65 bits per heavy atom. The molecule has 2 atom stereocenters. The van der Waals surface area contributed by atoms with Crippen LogP contribution in [0.1, 0.15) is 17.8 Å². The number of aromatic nitrogens is 4. The number of anilines is 1. The number of hydrogen-bond donors (Lipinski definition) is 0. The van der Waals surface area contributed by atoms with Crippen LogP contribution in [0.25, 0.3) is 22.4 Å². The first-order chi connectivity index (χ1) is 15.0. The average molecular weight is 427 g/mol. The van der Waals surface area contributed by atoms with E-state index in [2.05, 4.69) is 19.9 Å². The van der Waals surface area contributed by atoms with Crippen LogP contribution >= 0.6 is 0 Å². The molecule has 2 aliphatic rings. The van der Waals surface area contributed by atoms with Crippen LogP contribution in [-0.2, 0) is 9.47 Å². The van der Waals surface area contributed by atoms with Crippen molar-refractivity contribution in [2.45, 2.75) is 26.4 Å². The van der Waals surface area contributed by atoms with Crippen molar-refractivity contribution < 1.29 is 18.3 Å². The number of fused-ring (bicyclic) bond motifs is 1. The number of morpholine rings is 1. The van der Waals surface area contributed by atoms with Gasteiger partial charge in [0.15, 0.2) is 5.65 Å². The van der Waals surface area contributed by atoms with E-state index in [1.165, 1.54) is 12.1 Å². The SMILES string of the molecule is Cc1nc2nc(N3CCO[C@@H]([C@@H]4CCOC4)C3)nc(-c3ccc(F)cc3F)c2nc1C. The zero-order chi connectivity index (χ0) is 21.5. The molecule has 1 aromatic carbocycles. The van der Waals surface area contributed by atoms with Crippen LogP contribution < -0.4 is 4.90 Å². The average Bonchev–Trinajstić information content (AvgIpc) is 3.29. The highest BCUT2D eigenvalue weighted by atomic mass is 19.1. The summed E-state index contributed by atoms with van der Waals surface area (Å²) in [6.07, 6.45) is 0.986. The maximum Gasteiger partial charge on any atom is 0.228 e. The quantitative estimate of drug-likeness (QED) is 0.635. The summed E-state index contributed by atoms with van der Waals surface area (Å²) in [4.78, 5) is 20.5. The van der Waals surface area contributed by atoms with Crippen molar-refractivity contribution in [2.24, 2.45) is 5.92 Å². The molecule has 2 fully saturated rings. The van der Waals surface area contributed by atoms with E-state index >= 15 is 0 Å². The summed E-state index contributed by atoms with van der Waals surface area (Å²) in [5.74, 6) is -0.570. The van der Waals surface area contributed by atoms with Crippen molar-refractivity contribution in [3.63, 3.8) is 0 Å². The topological polar surface area (TPSA) is 73.3 Å². The maximum atomic E-state index is 14.7. The van der Waals surface area contributed by atoms with Gasteiger partial charge in [-0.1, -0.05) is 0 Å². The van der Waals surface area contributed by atoms with Gasteiger partial charge in [0.05, 0.1) is 30.7 Å². The van der Waals surface area contributed by atoms with Crippen LogP contribution in [0.3, 0.4) is 0 Å². The van der Waals surface area contributed by atoms with Gasteiger partial charge in [0.1, 0.15) is 22.8 Å². The molecule has 3 aromatic rings. The molecule has 9 heteroatoms. The smallest absolute Gasteiger partial charge is 0.228 e. The molecule has 31 heavy (non-hydrogen) atoms. The molecular weight excluding hydrogens is 404 g/mol. The summed E-state index contributed by atoms with van der Waals surface area (Å²) in [6, 6.07) is 3.44. The monoisotopic (exact) mass is 427 g/mol. The van der Waals surface area contributed by atoms with E-state index in [1.807, 2.05) is 18.7 Å². The standard InChI is InChI=1S/C22H23F2N5O2/c1-12-13(2)26-21-20(25-12)19(16-4-3-15(23)9-17(16)24)27-22(28-21)29-6-8-31-18(10-29)14-5-7-30-11-14/h3-4,9,14,18H,5-8,10-11H2,1-2H3/t14-,18-/m1/s1. The van der Waals surface area contributed by atoms with Gasteiger partial charge in [-0.15, -0.1) is 0 Å². The number of rotatable bonds is 3. The third-order valence-electron chi connectivity index (χ3n) is 5.98. The van der Waals surface area contributed by atoms with Crippen molar-refractivity contribution in [3.05, 3.63) is 41.2 Å². The van der Waals surface area contributed by atoms with Crippen LogP contribution in [0.5, 0.6) is 0 Å². The summed E-state index contributed by atoms with van der Waals surface area (Å²) >= 11 is 0. The highest BCUT2D eigenvalue weighted by Crippen LogP contribution is 2.31. The molecule has 0 N–H and O–H groups in total. The lowest BCUT2D eigenvalue weighted by Crippen LogP contribution is -2.46. The van der Waals surface area contributed by atoms with Crippen LogP contribution in [0.15, 0.2) is 18.2 Å². The number of halogens is 2. The molecule has 5 rings (SSSR count). The minimum atomic E-state index is -0.700.